The lowest BCUT2D eigenvalue weighted by Crippen LogP contribution is -1.75. The molecule has 0 atom stereocenters. The lowest BCUT2D eigenvalue weighted by atomic mass is 10.1. The quantitative estimate of drug-likeness (QED) is 0.398. The maximum atomic E-state index is 3.84. The molecule has 0 rings (SSSR count). The van der Waals surface area contributed by atoms with Gasteiger partial charge in [0.2, 0.25) is 0 Å². The van der Waals surface area contributed by atoms with Crippen molar-refractivity contribution < 1.29 is 0 Å². The highest BCUT2D eigenvalue weighted by atomic mass is 13.9. The largest absolute Gasteiger partial charge is 0.0998 e. The van der Waals surface area contributed by atoms with E-state index in [2.05, 4.69) is 13.2 Å². The molecule has 0 aliphatic rings. The number of hydrogen-bond donors (Lipinski definition) is 0. The molecular weight excluding hydrogens is 108 g/mol. The van der Waals surface area contributed by atoms with E-state index in [1.54, 1.807) is 0 Å². The van der Waals surface area contributed by atoms with Gasteiger partial charge in [0.15, 0.2) is 0 Å². The first-order valence-electron chi connectivity index (χ1n) is 3.11. The third kappa shape index (κ3) is 5.09. The van der Waals surface area contributed by atoms with Crippen LogP contribution in [0.15, 0.2) is 36.5 Å². The lowest BCUT2D eigenvalue weighted by molar-refractivity contribution is 1.17. The molecule has 0 aliphatic carbocycles. The summed E-state index contributed by atoms with van der Waals surface area (Å²) in [6, 6.07) is 0. The number of hydrogen-bond acceptors (Lipinski definition) is 0. The van der Waals surface area contributed by atoms with Gasteiger partial charge in [-0.3, -0.25) is 0 Å². The zero-order valence-electron chi connectivity index (χ0n) is 6.28. The molecule has 0 nitrogen and oxygen atoms in total. The summed E-state index contributed by atoms with van der Waals surface area (Å²) >= 11 is 0. The zero-order chi connectivity index (χ0) is 7.28. The van der Waals surface area contributed by atoms with Crippen molar-refractivity contribution in [3.05, 3.63) is 36.5 Å². The van der Waals surface area contributed by atoms with Crippen molar-refractivity contribution in [2.45, 2.75) is 20.3 Å². The molecule has 0 heterocycles. The van der Waals surface area contributed by atoms with Crippen molar-refractivity contribution >= 4 is 0 Å². The predicted octanol–water partition coefficient (Wildman–Crippen LogP) is 3.08. The third-order valence-electron chi connectivity index (χ3n) is 0.931. The van der Waals surface area contributed by atoms with E-state index < -0.39 is 0 Å². The standard InChI is InChI=1S/C9H14/c1-5-6-9(4)7-8(2)3/h5-6H,2,4,7H2,1,3H3/b6-5-. The summed E-state index contributed by atoms with van der Waals surface area (Å²) in [7, 11) is 0. The van der Waals surface area contributed by atoms with E-state index in [1.807, 2.05) is 26.0 Å². The summed E-state index contributed by atoms with van der Waals surface area (Å²) in [5, 5.41) is 0. The Hall–Kier alpha value is -0.780. The summed E-state index contributed by atoms with van der Waals surface area (Å²) in [5.74, 6) is 0. The Balaban J connectivity index is 3.64. The topological polar surface area (TPSA) is 0 Å². The van der Waals surface area contributed by atoms with Gasteiger partial charge in [0.05, 0.1) is 0 Å². The van der Waals surface area contributed by atoms with Crippen molar-refractivity contribution in [3.63, 3.8) is 0 Å². The van der Waals surface area contributed by atoms with Crippen molar-refractivity contribution in [2.75, 3.05) is 0 Å². The SMILES string of the molecule is C=C(C)CC(=C)/C=C\C. The van der Waals surface area contributed by atoms with Gasteiger partial charge in [-0.15, -0.1) is 0 Å². The lowest BCUT2D eigenvalue weighted by Gasteiger charge is -1.95. The molecule has 0 spiro atoms. The summed E-state index contributed by atoms with van der Waals surface area (Å²) in [5.41, 5.74) is 2.29. The second kappa shape index (κ2) is 4.13. The van der Waals surface area contributed by atoms with Crippen LogP contribution < -0.4 is 0 Å². The smallest absolute Gasteiger partial charge is 0.00786 e. The molecule has 0 saturated heterocycles. The van der Waals surface area contributed by atoms with Crippen LogP contribution in [0.25, 0.3) is 0 Å². The highest BCUT2D eigenvalue weighted by Crippen LogP contribution is 2.06. The van der Waals surface area contributed by atoms with E-state index in [4.69, 9.17) is 0 Å². The van der Waals surface area contributed by atoms with E-state index in [0.29, 0.717) is 0 Å². The zero-order valence-corrected chi connectivity index (χ0v) is 6.28. The average Bonchev–Trinajstić information content (AvgIpc) is 1.63. The summed E-state index contributed by atoms with van der Waals surface area (Å²) in [6.07, 6.45) is 4.92. The molecule has 0 aliphatic heterocycles. The van der Waals surface area contributed by atoms with Crippen LogP contribution >= 0.6 is 0 Å². The van der Waals surface area contributed by atoms with Gasteiger partial charge < -0.3 is 0 Å². The highest BCUT2D eigenvalue weighted by molar-refractivity contribution is 5.19. The van der Waals surface area contributed by atoms with Gasteiger partial charge in [0, 0.05) is 0 Å². The maximum Gasteiger partial charge on any atom is -0.00786 e. The Labute approximate surface area is 57.6 Å². The van der Waals surface area contributed by atoms with Gasteiger partial charge >= 0.3 is 0 Å². The third-order valence-corrected chi connectivity index (χ3v) is 0.931. The second-order valence-electron chi connectivity index (χ2n) is 2.29. The molecule has 0 radical (unpaired) electrons. The molecule has 0 N–H and O–H groups in total. The van der Waals surface area contributed by atoms with Gasteiger partial charge in [-0.1, -0.05) is 36.5 Å². The Bertz CT molecular complexity index is 138. The van der Waals surface area contributed by atoms with E-state index in [-0.39, 0.29) is 0 Å². The van der Waals surface area contributed by atoms with Crippen molar-refractivity contribution in [2.24, 2.45) is 0 Å². The minimum atomic E-state index is 0.921. The van der Waals surface area contributed by atoms with Crippen LogP contribution in [0.1, 0.15) is 20.3 Å². The fourth-order valence-electron chi connectivity index (χ4n) is 0.682. The molecule has 0 bridgehead atoms. The van der Waals surface area contributed by atoms with E-state index in [1.165, 1.54) is 0 Å². The molecule has 0 amide bonds. The molecule has 0 aromatic carbocycles. The van der Waals surface area contributed by atoms with Crippen molar-refractivity contribution in [1.82, 2.24) is 0 Å². The van der Waals surface area contributed by atoms with E-state index in [0.717, 1.165) is 17.6 Å². The minimum Gasteiger partial charge on any atom is -0.0998 e. The Kier molecular flexibility index (Phi) is 3.78. The first kappa shape index (κ1) is 8.22. The van der Waals surface area contributed by atoms with Crippen molar-refractivity contribution in [1.29, 1.82) is 0 Å². The van der Waals surface area contributed by atoms with Crippen LogP contribution in [-0.4, -0.2) is 0 Å². The van der Waals surface area contributed by atoms with Crippen LogP contribution in [0.3, 0.4) is 0 Å². The molecule has 0 saturated carbocycles. The first-order chi connectivity index (χ1) is 4.16. The number of allylic oxidation sites excluding steroid dienone is 4. The van der Waals surface area contributed by atoms with Crippen LogP contribution in [0.4, 0.5) is 0 Å². The van der Waals surface area contributed by atoms with Crippen LogP contribution in [0.2, 0.25) is 0 Å². The normalized spacial score (nSPS) is 10.0. The molecule has 50 valence electrons. The van der Waals surface area contributed by atoms with Gasteiger partial charge in [-0.05, 0) is 20.3 Å². The maximum absolute atomic E-state index is 3.84. The fraction of sp³-hybridized carbons (Fsp3) is 0.333. The molecule has 0 heteroatoms. The molecule has 0 aromatic heterocycles. The van der Waals surface area contributed by atoms with Crippen LogP contribution in [0, 0.1) is 0 Å². The van der Waals surface area contributed by atoms with Crippen LogP contribution in [0.5, 0.6) is 0 Å². The van der Waals surface area contributed by atoms with E-state index in [9.17, 15) is 0 Å². The van der Waals surface area contributed by atoms with Gasteiger partial charge in [0.1, 0.15) is 0 Å². The van der Waals surface area contributed by atoms with Crippen LogP contribution in [-0.2, 0) is 0 Å². The number of rotatable bonds is 3. The second-order valence-corrected chi connectivity index (χ2v) is 2.29. The van der Waals surface area contributed by atoms with Gasteiger partial charge in [0.25, 0.3) is 0 Å². The fourth-order valence-corrected chi connectivity index (χ4v) is 0.682. The molecule has 0 aromatic rings. The monoisotopic (exact) mass is 122 g/mol. The Morgan fingerprint density at radius 2 is 2.00 bits per heavy atom. The molecule has 9 heavy (non-hydrogen) atoms. The molecule has 0 fully saturated rings. The Morgan fingerprint density at radius 3 is 2.33 bits per heavy atom. The van der Waals surface area contributed by atoms with E-state index >= 15 is 0 Å². The average molecular weight is 122 g/mol. The molecular formula is C9H14. The van der Waals surface area contributed by atoms with Crippen molar-refractivity contribution in [3.8, 4) is 0 Å². The van der Waals surface area contributed by atoms with Gasteiger partial charge in [-0.25, -0.2) is 0 Å². The first-order valence-corrected chi connectivity index (χ1v) is 3.11. The summed E-state index contributed by atoms with van der Waals surface area (Å²) < 4.78 is 0. The Morgan fingerprint density at radius 1 is 1.44 bits per heavy atom. The minimum absolute atomic E-state index is 0.921. The summed E-state index contributed by atoms with van der Waals surface area (Å²) in [4.78, 5) is 0. The molecule has 0 unspecified atom stereocenters. The van der Waals surface area contributed by atoms with Gasteiger partial charge in [-0.2, -0.15) is 0 Å². The highest BCUT2D eigenvalue weighted by Gasteiger charge is 1.86. The summed E-state index contributed by atoms with van der Waals surface area (Å²) in [6.45, 7) is 11.6. The predicted molar refractivity (Wildman–Crippen MR) is 43.4 cm³/mol.